The van der Waals surface area contributed by atoms with Gasteiger partial charge in [-0.05, 0) is 70.9 Å². The molecule has 1 aromatic heterocycles. The highest BCUT2D eigenvalue weighted by Gasteiger charge is 2.27. The summed E-state index contributed by atoms with van der Waals surface area (Å²) in [6.07, 6.45) is 2.54. The van der Waals surface area contributed by atoms with Gasteiger partial charge in [0.25, 0.3) is 0 Å². The minimum absolute atomic E-state index is 0.0254. The summed E-state index contributed by atoms with van der Waals surface area (Å²) in [4.78, 5) is 7.16. The lowest BCUT2D eigenvalue weighted by Gasteiger charge is -2.30. The van der Waals surface area contributed by atoms with Crippen LogP contribution in [0.25, 0.3) is 10.2 Å². The minimum atomic E-state index is -0.0254. The van der Waals surface area contributed by atoms with Gasteiger partial charge in [-0.1, -0.05) is 13.0 Å². The van der Waals surface area contributed by atoms with Crippen LogP contribution in [0, 0.1) is 5.92 Å². The van der Waals surface area contributed by atoms with Crippen molar-refractivity contribution < 1.29 is 0 Å². The molecule has 2 aromatic rings. The van der Waals surface area contributed by atoms with Crippen LogP contribution in [-0.4, -0.2) is 30.5 Å². The molecule has 3 rings (SSSR count). The van der Waals surface area contributed by atoms with Crippen molar-refractivity contribution >= 4 is 21.6 Å². The molecular formula is C18H27N3S. The monoisotopic (exact) mass is 317 g/mol. The van der Waals surface area contributed by atoms with Crippen LogP contribution >= 0.6 is 11.3 Å². The maximum Gasteiger partial charge on any atom is 0.114 e. The topological polar surface area (TPSA) is 28.2 Å². The van der Waals surface area contributed by atoms with Gasteiger partial charge in [0.15, 0.2) is 0 Å². The largest absolute Gasteiger partial charge is 0.310 e. The molecule has 22 heavy (non-hydrogen) atoms. The van der Waals surface area contributed by atoms with Gasteiger partial charge >= 0.3 is 0 Å². The quantitative estimate of drug-likeness (QED) is 0.921. The van der Waals surface area contributed by atoms with Crippen molar-refractivity contribution in [2.75, 3.05) is 20.6 Å². The molecule has 3 nitrogen and oxygen atoms in total. The van der Waals surface area contributed by atoms with E-state index in [1.54, 1.807) is 0 Å². The standard InChI is InChI=1S/C18H27N3S/c1-12-6-8-14(19-11-12)13-7-9-16-15(10-13)20-17(22-16)18(2,3)21(4)5/h7,9-10,12,14,19H,6,8,11H2,1-5H3/t12-,14+/m0/s1. The average Bonchev–Trinajstić information content (AvgIpc) is 2.91. The molecule has 0 aliphatic carbocycles. The summed E-state index contributed by atoms with van der Waals surface area (Å²) in [5.74, 6) is 0.798. The van der Waals surface area contributed by atoms with Gasteiger partial charge in [0, 0.05) is 6.04 Å². The van der Waals surface area contributed by atoms with Gasteiger partial charge in [-0.3, -0.25) is 4.90 Å². The van der Waals surface area contributed by atoms with E-state index in [1.807, 2.05) is 11.3 Å². The first-order valence-corrected chi connectivity index (χ1v) is 9.01. The molecule has 0 amide bonds. The van der Waals surface area contributed by atoms with Crippen molar-refractivity contribution in [2.45, 2.75) is 45.2 Å². The molecule has 1 aromatic carbocycles. The first-order chi connectivity index (χ1) is 10.4. The average molecular weight is 318 g/mol. The van der Waals surface area contributed by atoms with Crippen LogP contribution in [0.4, 0.5) is 0 Å². The second kappa shape index (κ2) is 5.91. The Morgan fingerprint density at radius 1 is 1.27 bits per heavy atom. The maximum atomic E-state index is 4.93. The summed E-state index contributed by atoms with van der Waals surface area (Å²) >= 11 is 1.82. The van der Waals surface area contributed by atoms with Crippen LogP contribution < -0.4 is 5.32 Å². The molecule has 0 saturated carbocycles. The molecule has 0 unspecified atom stereocenters. The van der Waals surface area contributed by atoms with E-state index in [0.717, 1.165) is 18.0 Å². The molecule has 4 heteroatoms. The molecule has 120 valence electrons. The number of hydrogen-bond acceptors (Lipinski definition) is 4. The van der Waals surface area contributed by atoms with E-state index >= 15 is 0 Å². The fraction of sp³-hybridized carbons (Fsp3) is 0.611. The van der Waals surface area contributed by atoms with E-state index in [9.17, 15) is 0 Å². The number of nitrogens with zero attached hydrogens (tertiary/aromatic N) is 2. The first-order valence-electron chi connectivity index (χ1n) is 8.19. The molecule has 1 fully saturated rings. The second-order valence-electron chi connectivity index (χ2n) is 7.34. The number of rotatable bonds is 3. The molecule has 1 N–H and O–H groups in total. The smallest absolute Gasteiger partial charge is 0.114 e. The van der Waals surface area contributed by atoms with Crippen molar-refractivity contribution in [3.63, 3.8) is 0 Å². The number of hydrogen-bond donors (Lipinski definition) is 1. The Morgan fingerprint density at radius 3 is 2.68 bits per heavy atom. The second-order valence-corrected chi connectivity index (χ2v) is 8.37. The Balaban J connectivity index is 1.90. The van der Waals surface area contributed by atoms with E-state index < -0.39 is 0 Å². The van der Waals surface area contributed by atoms with E-state index in [2.05, 4.69) is 63.3 Å². The highest BCUT2D eigenvalue weighted by molar-refractivity contribution is 7.18. The van der Waals surface area contributed by atoms with Crippen molar-refractivity contribution in [3.05, 3.63) is 28.8 Å². The molecule has 1 aliphatic heterocycles. The molecule has 1 saturated heterocycles. The van der Waals surface area contributed by atoms with Crippen LogP contribution in [0.2, 0.25) is 0 Å². The Bertz CT molecular complexity index is 651. The Kier molecular flexibility index (Phi) is 4.27. The van der Waals surface area contributed by atoms with Crippen LogP contribution in [-0.2, 0) is 5.54 Å². The number of piperidine rings is 1. The van der Waals surface area contributed by atoms with Gasteiger partial charge in [0.2, 0.25) is 0 Å². The third-order valence-corrected chi connectivity index (χ3v) is 6.47. The van der Waals surface area contributed by atoms with E-state index in [-0.39, 0.29) is 5.54 Å². The van der Waals surface area contributed by atoms with Crippen LogP contribution in [0.1, 0.15) is 50.2 Å². The lowest BCUT2D eigenvalue weighted by molar-refractivity contribution is 0.197. The molecule has 0 radical (unpaired) electrons. The maximum absolute atomic E-state index is 4.93. The normalized spacial score (nSPS) is 23.4. The summed E-state index contributed by atoms with van der Waals surface area (Å²) in [5.41, 5.74) is 2.51. The number of thiazole rings is 1. The van der Waals surface area contributed by atoms with Crippen molar-refractivity contribution in [1.82, 2.24) is 15.2 Å². The number of nitrogens with one attached hydrogen (secondary N) is 1. The first kappa shape index (κ1) is 15.9. The van der Waals surface area contributed by atoms with E-state index in [4.69, 9.17) is 4.98 Å². The number of aromatic nitrogens is 1. The van der Waals surface area contributed by atoms with Crippen LogP contribution in [0.3, 0.4) is 0 Å². The fourth-order valence-corrected chi connectivity index (χ4v) is 4.03. The van der Waals surface area contributed by atoms with Gasteiger partial charge in [-0.2, -0.15) is 0 Å². The fourth-order valence-electron chi connectivity index (χ4n) is 2.90. The predicted octanol–water partition coefficient (Wildman–Crippen LogP) is 4.15. The molecule has 2 atom stereocenters. The molecule has 1 aliphatic rings. The highest BCUT2D eigenvalue weighted by atomic mass is 32.1. The van der Waals surface area contributed by atoms with Gasteiger partial charge in [-0.25, -0.2) is 4.98 Å². The lowest BCUT2D eigenvalue weighted by atomic mass is 9.92. The zero-order chi connectivity index (χ0) is 15.9. The Hall–Kier alpha value is -0.970. The van der Waals surface area contributed by atoms with E-state index in [0.29, 0.717) is 6.04 Å². The van der Waals surface area contributed by atoms with Gasteiger partial charge in [0.1, 0.15) is 5.01 Å². The minimum Gasteiger partial charge on any atom is -0.310 e. The highest BCUT2D eigenvalue weighted by Crippen LogP contribution is 2.34. The van der Waals surface area contributed by atoms with Crippen molar-refractivity contribution in [1.29, 1.82) is 0 Å². The number of fused-ring (bicyclic) bond motifs is 1. The molecule has 0 bridgehead atoms. The van der Waals surface area contributed by atoms with Gasteiger partial charge in [0.05, 0.1) is 15.8 Å². The predicted molar refractivity (Wildman–Crippen MR) is 95.5 cm³/mol. The van der Waals surface area contributed by atoms with Crippen LogP contribution in [0.15, 0.2) is 18.2 Å². The third-order valence-electron chi connectivity index (χ3n) is 5.12. The van der Waals surface area contributed by atoms with Gasteiger partial charge in [-0.15, -0.1) is 11.3 Å². The van der Waals surface area contributed by atoms with Crippen molar-refractivity contribution in [3.8, 4) is 0 Å². The Labute approximate surface area is 137 Å². The third kappa shape index (κ3) is 2.92. The van der Waals surface area contributed by atoms with Crippen molar-refractivity contribution in [2.24, 2.45) is 5.92 Å². The SMILES string of the molecule is C[C@H]1CC[C@H](c2ccc3sc(C(C)(C)N(C)C)nc3c2)NC1. The summed E-state index contributed by atoms with van der Waals surface area (Å²) < 4.78 is 1.29. The van der Waals surface area contributed by atoms with Crippen LogP contribution in [0.5, 0.6) is 0 Å². The zero-order valence-corrected chi connectivity index (χ0v) is 15.1. The molecule has 0 spiro atoms. The summed E-state index contributed by atoms with van der Waals surface area (Å²) in [7, 11) is 4.23. The zero-order valence-electron chi connectivity index (χ0n) is 14.3. The Morgan fingerprint density at radius 2 is 2.05 bits per heavy atom. The number of benzene rings is 1. The van der Waals surface area contributed by atoms with E-state index in [1.165, 1.54) is 28.1 Å². The molecule has 2 heterocycles. The molecular weight excluding hydrogens is 290 g/mol. The summed E-state index contributed by atoms with van der Waals surface area (Å²) in [5, 5.41) is 4.86. The summed E-state index contributed by atoms with van der Waals surface area (Å²) in [6, 6.07) is 7.31. The summed E-state index contributed by atoms with van der Waals surface area (Å²) in [6.45, 7) is 7.91. The van der Waals surface area contributed by atoms with Gasteiger partial charge < -0.3 is 5.32 Å². The lowest BCUT2D eigenvalue weighted by Crippen LogP contribution is -2.35.